The summed E-state index contributed by atoms with van der Waals surface area (Å²) in [5.41, 5.74) is 10.4. The molecule has 1 heteroatoms. The molecule has 0 aliphatic heterocycles. The molecule has 1 aromatic carbocycles. The Balaban J connectivity index is 2.36. The number of allylic oxidation sites excluding steroid dienone is 1. The lowest BCUT2D eigenvalue weighted by Crippen LogP contribution is -2.64. The SMILES string of the molecule is Cc1cc(C)c2c(c1C)C=C(C[Si](C)(C)C)C21C(C)(C)CC1(C)C. The van der Waals surface area contributed by atoms with Gasteiger partial charge in [-0.05, 0) is 71.9 Å². The van der Waals surface area contributed by atoms with Crippen molar-refractivity contribution in [3.8, 4) is 0 Å². The second-order valence-corrected chi connectivity index (χ2v) is 16.5. The van der Waals surface area contributed by atoms with E-state index in [1.807, 2.05) is 0 Å². The van der Waals surface area contributed by atoms with Crippen LogP contribution in [-0.4, -0.2) is 8.07 Å². The van der Waals surface area contributed by atoms with Crippen LogP contribution in [0.15, 0.2) is 11.6 Å². The normalized spacial score (nSPS) is 23.0. The highest BCUT2D eigenvalue weighted by Gasteiger charge is 2.69. The Morgan fingerprint density at radius 2 is 1.46 bits per heavy atom. The van der Waals surface area contributed by atoms with Crippen molar-refractivity contribution in [2.24, 2.45) is 10.8 Å². The Bertz CT molecular complexity index is 724. The maximum atomic E-state index is 2.62. The zero-order valence-corrected chi connectivity index (χ0v) is 18.6. The molecule has 0 amide bonds. The lowest BCUT2D eigenvalue weighted by atomic mass is 9.35. The summed E-state index contributed by atoms with van der Waals surface area (Å²) < 4.78 is 0. The van der Waals surface area contributed by atoms with Crippen LogP contribution in [0, 0.1) is 31.6 Å². The first kappa shape index (κ1) is 18.0. The van der Waals surface area contributed by atoms with Gasteiger partial charge in [-0.3, -0.25) is 0 Å². The van der Waals surface area contributed by atoms with E-state index in [9.17, 15) is 0 Å². The predicted molar refractivity (Wildman–Crippen MR) is 111 cm³/mol. The highest BCUT2D eigenvalue weighted by Crippen LogP contribution is 2.75. The van der Waals surface area contributed by atoms with Crippen molar-refractivity contribution >= 4 is 14.1 Å². The van der Waals surface area contributed by atoms with Crippen LogP contribution in [0.5, 0.6) is 0 Å². The third-order valence-electron chi connectivity index (χ3n) is 6.90. The molecule has 1 spiro atoms. The molecule has 2 aliphatic rings. The monoisotopic (exact) mass is 340 g/mol. The largest absolute Gasteiger partial charge is 0.0693 e. The van der Waals surface area contributed by atoms with Crippen molar-refractivity contribution in [2.75, 3.05) is 0 Å². The van der Waals surface area contributed by atoms with Crippen LogP contribution >= 0.6 is 0 Å². The minimum absolute atomic E-state index is 0.234. The minimum atomic E-state index is -1.17. The molecule has 0 atom stereocenters. The van der Waals surface area contributed by atoms with Crippen LogP contribution in [0.3, 0.4) is 0 Å². The quantitative estimate of drug-likeness (QED) is 0.506. The van der Waals surface area contributed by atoms with Crippen molar-refractivity contribution in [3.63, 3.8) is 0 Å². The molecular formula is C23H36Si. The summed E-state index contributed by atoms with van der Waals surface area (Å²) >= 11 is 0. The van der Waals surface area contributed by atoms with Crippen molar-refractivity contribution in [2.45, 2.75) is 86.0 Å². The maximum absolute atomic E-state index is 2.62. The predicted octanol–water partition coefficient (Wildman–Crippen LogP) is 7.04. The van der Waals surface area contributed by atoms with Gasteiger partial charge in [0, 0.05) is 13.5 Å². The summed E-state index contributed by atoms with van der Waals surface area (Å²) in [6.07, 6.45) is 3.93. The molecule has 24 heavy (non-hydrogen) atoms. The molecule has 0 radical (unpaired) electrons. The van der Waals surface area contributed by atoms with Crippen molar-refractivity contribution in [1.29, 1.82) is 0 Å². The number of fused-ring (bicyclic) bond motifs is 2. The second kappa shape index (κ2) is 4.87. The summed E-state index contributed by atoms with van der Waals surface area (Å²) in [6.45, 7) is 24.6. The van der Waals surface area contributed by atoms with E-state index >= 15 is 0 Å². The Morgan fingerprint density at radius 1 is 0.917 bits per heavy atom. The highest BCUT2D eigenvalue weighted by atomic mass is 28.3. The fourth-order valence-corrected chi connectivity index (χ4v) is 8.23. The zero-order chi connectivity index (χ0) is 18.3. The first-order valence-electron chi connectivity index (χ1n) is 9.57. The number of hydrogen-bond acceptors (Lipinski definition) is 0. The third-order valence-corrected chi connectivity index (χ3v) is 8.34. The Kier molecular flexibility index (Phi) is 3.65. The topological polar surface area (TPSA) is 0 Å². The summed E-state index contributed by atoms with van der Waals surface area (Å²) in [6, 6.07) is 3.76. The van der Waals surface area contributed by atoms with Crippen LogP contribution in [0.4, 0.5) is 0 Å². The fraction of sp³-hybridized carbons (Fsp3) is 0.652. The van der Waals surface area contributed by atoms with Crippen molar-refractivity contribution < 1.29 is 0 Å². The van der Waals surface area contributed by atoms with E-state index in [4.69, 9.17) is 0 Å². The Morgan fingerprint density at radius 3 is 1.92 bits per heavy atom. The van der Waals surface area contributed by atoms with E-state index < -0.39 is 8.07 Å². The molecule has 1 aromatic rings. The van der Waals surface area contributed by atoms with E-state index in [0.717, 1.165) is 0 Å². The van der Waals surface area contributed by atoms with Crippen LogP contribution in [-0.2, 0) is 5.41 Å². The van der Waals surface area contributed by atoms with Gasteiger partial charge in [0.25, 0.3) is 0 Å². The van der Waals surface area contributed by atoms with Crippen LogP contribution in [0.25, 0.3) is 6.08 Å². The Hall–Kier alpha value is -0.823. The Labute approximate surface area is 150 Å². The van der Waals surface area contributed by atoms with Gasteiger partial charge in [0.15, 0.2) is 0 Å². The minimum Gasteiger partial charge on any atom is -0.0693 e. The van der Waals surface area contributed by atoms with E-state index in [-0.39, 0.29) is 5.41 Å². The molecule has 0 nitrogen and oxygen atoms in total. The lowest BCUT2D eigenvalue weighted by Gasteiger charge is -2.69. The molecule has 0 N–H and O–H groups in total. The van der Waals surface area contributed by atoms with Crippen LogP contribution in [0.1, 0.15) is 61.9 Å². The van der Waals surface area contributed by atoms with Gasteiger partial charge in [-0.15, -0.1) is 0 Å². The summed E-state index contributed by atoms with van der Waals surface area (Å²) in [5, 5.41) is 0. The van der Waals surface area contributed by atoms with Crippen LogP contribution in [0.2, 0.25) is 25.7 Å². The average molecular weight is 341 g/mol. The third kappa shape index (κ3) is 2.09. The zero-order valence-electron chi connectivity index (χ0n) is 17.6. The van der Waals surface area contributed by atoms with Crippen LogP contribution < -0.4 is 0 Å². The number of aryl methyl sites for hydroxylation is 2. The highest BCUT2D eigenvalue weighted by molar-refractivity contribution is 6.76. The van der Waals surface area contributed by atoms with Crippen molar-refractivity contribution in [3.05, 3.63) is 39.5 Å². The van der Waals surface area contributed by atoms with Gasteiger partial charge in [-0.2, -0.15) is 0 Å². The first-order chi connectivity index (χ1) is 10.7. The molecule has 0 saturated heterocycles. The molecule has 132 valence electrons. The van der Waals surface area contributed by atoms with Gasteiger partial charge in [-0.1, -0.05) is 65.1 Å². The molecule has 2 aliphatic carbocycles. The molecule has 1 fully saturated rings. The molecule has 0 aromatic heterocycles. The number of hydrogen-bond donors (Lipinski definition) is 0. The molecule has 0 unspecified atom stereocenters. The van der Waals surface area contributed by atoms with Gasteiger partial charge in [0.2, 0.25) is 0 Å². The summed E-state index contributed by atoms with van der Waals surface area (Å²) in [7, 11) is -1.17. The number of rotatable bonds is 2. The molecule has 0 bridgehead atoms. The summed E-state index contributed by atoms with van der Waals surface area (Å²) in [4.78, 5) is 0. The molecular weight excluding hydrogens is 304 g/mol. The second-order valence-electron chi connectivity index (χ2n) is 11.0. The fourth-order valence-electron chi connectivity index (χ4n) is 6.72. The van der Waals surface area contributed by atoms with Gasteiger partial charge in [0.1, 0.15) is 0 Å². The summed E-state index contributed by atoms with van der Waals surface area (Å²) in [5.74, 6) is 0. The molecule has 3 rings (SSSR count). The van der Waals surface area contributed by atoms with Gasteiger partial charge in [-0.25, -0.2) is 0 Å². The number of benzene rings is 1. The standard InChI is InChI=1S/C23H36Si/c1-15-11-16(2)20-19(17(15)3)12-18(13-24(8,9)10)23(20)21(4,5)14-22(23,6)7/h11-12H,13-14H2,1-10H3. The molecule has 1 saturated carbocycles. The maximum Gasteiger partial charge on any atom is 0.0483 e. The lowest BCUT2D eigenvalue weighted by molar-refractivity contribution is -0.0893. The smallest absolute Gasteiger partial charge is 0.0483 e. The first-order valence-corrected chi connectivity index (χ1v) is 13.3. The van der Waals surface area contributed by atoms with Gasteiger partial charge >= 0.3 is 0 Å². The van der Waals surface area contributed by atoms with E-state index in [2.05, 4.69) is 80.2 Å². The van der Waals surface area contributed by atoms with E-state index in [1.165, 1.54) is 29.2 Å². The van der Waals surface area contributed by atoms with Gasteiger partial charge in [0.05, 0.1) is 0 Å². The van der Waals surface area contributed by atoms with Gasteiger partial charge < -0.3 is 0 Å². The molecule has 0 heterocycles. The average Bonchev–Trinajstić information content (AvgIpc) is 2.71. The van der Waals surface area contributed by atoms with Crippen molar-refractivity contribution in [1.82, 2.24) is 0 Å². The van der Waals surface area contributed by atoms with E-state index in [1.54, 1.807) is 16.7 Å². The van der Waals surface area contributed by atoms with E-state index in [0.29, 0.717) is 10.8 Å².